The van der Waals surface area contributed by atoms with Crippen molar-refractivity contribution in [1.82, 2.24) is 0 Å². The van der Waals surface area contributed by atoms with Crippen LogP contribution < -0.4 is 0 Å². The van der Waals surface area contributed by atoms with E-state index in [2.05, 4.69) is 27.7 Å². The van der Waals surface area contributed by atoms with Crippen molar-refractivity contribution in [2.45, 2.75) is 61.0 Å². The molecule has 2 unspecified atom stereocenters. The van der Waals surface area contributed by atoms with Crippen LogP contribution in [0.4, 0.5) is 0 Å². The highest BCUT2D eigenvalue weighted by molar-refractivity contribution is 5.72. The Balaban J connectivity index is 4.46. The number of hydrogen-bond acceptors (Lipinski definition) is 2. The maximum atomic E-state index is 11.8. The lowest BCUT2D eigenvalue weighted by molar-refractivity contribution is -0.162. The van der Waals surface area contributed by atoms with Gasteiger partial charge in [0.1, 0.15) is 5.60 Å². The molecule has 0 aliphatic heterocycles. The average molecular weight is 214 g/mol. The Morgan fingerprint density at radius 1 is 1.00 bits per heavy atom. The predicted octanol–water partition coefficient (Wildman–Crippen LogP) is 3.65. The first-order valence-corrected chi connectivity index (χ1v) is 5.68. The van der Waals surface area contributed by atoms with Crippen molar-refractivity contribution >= 4 is 5.97 Å². The Morgan fingerprint density at radius 3 is 1.67 bits per heavy atom. The molecule has 0 spiro atoms. The first kappa shape index (κ1) is 14.5. The highest BCUT2D eigenvalue weighted by Crippen LogP contribution is 2.32. The van der Waals surface area contributed by atoms with Crippen LogP contribution in [-0.4, -0.2) is 11.6 Å². The molecule has 0 saturated heterocycles. The van der Waals surface area contributed by atoms with Crippen LogP contribution in [0.2, 0.25) is 0 Å². The molecule has 0 rings (SSSR count). The van der Waals surface area contributed by atoms with Gasteiger partial charge in [0.15, 0.2) is 0 Å². The molecule has 2 nitrogen and oxygen atoms in total. The zero-order chi connectivity index (χ0) is 12.4. The van der Waals surface area contributed by atoms with E-state index in [9.17, 15) is 4.79 Å². The molecule has 2 heteroatoms. The number of esters is 1. The van der Waals surface area contributed by atoms with Gasteiger partial charge in [0.05, 0.1) is 5.92 Å². The molecule has 0 fully saturated rings. The second-order valence-corrected chi connectivity index (χ2v) is 6.48. The zero-order valence-electron chi connectivity index (χ0n) is 11.5. The first-order chi connectivity index (χ1) is 6.45. The number of hydrogen-bond donors (Lipinski definition) is 0. The highest BCUT2D eigenvalue weighted by Gasteiger charge is 2.32. The van der Waals surface area contributed by atoms with Gasteiger partial charge in [0, 0.05) is 0 Å². The third-order valence-corrected chi connectivity index (χ3v) is 2.89. The van der Waals surface area contributed by atoms with Gasteiger partial charge in [-0.2, -0.15) is 0 Å². The molecular weight excluding hydrogens is 188 g/mol. The van der Waals surface area contributed by atoms with Gasteiger partial charge in [-0.3, -0.25) is 4.79 Å². The van der Waals surface area contributed by atoms with Crippen molar-refractivity contribution in [2.75, 3.05) is 0 Å². The van der Waals surface area contributed by atoms with Crippen LogP contribution in [-0.2, 0) is 9.53 Å². The molecule has 2 atom stereocenters. The fourth-order valence-corrected chi connectivity index (χ4v) is 1.35. The molecular formula is C13H26O2. The van der Waals surface area contributed by atoms with Crippen molar-refractivity contribution in [3.63, 3.8) is 0 Å². The number of carbonyl (C=O) groups is 1. The van der Waals surface area contributed by atoms with Crippen molar-refractivity contribution in [2.24, 2.45) is 17.3 Å². The Morgan fingerprint density at radius 2 is 1.40 bits per heavy atom. The minimum absolute atomic E-state index is 0.0516. The quantitative estimate of drug-likeness (QED) is 0.656. The maximum absolute atomic E-state index is 11.8. The fraction of sp³-hybridized carbons (Fsp3) is 0.923. The summed E-state index contributed by atoms with van der Waals surface area (Å²) in [5.74, 6) is 0.168. The lowest BCUT2D eigenvalue weighted by atomic mass is 9.75. The molecule has 0 heterocycles. The van der Waals surface area contributed by atoms with Gasteiger partial charge in [-0.15, -0.1) is 0 Å². The second-order valence-electron chi connectivity index (χ2n) is 6.48. The summed E-state index contributed by atoms with van der Waals surface area (Å²) in [4.78, 5) is 11.8. The smallest absolute Gasteiger partial charge is 0.309 e. The van der Waals surface area contributed by atoms with Gasteiger partial charge >= 0.3 is 5.97 Å². The summed E-state index contributed by atoms with van der Waals surface area (Å²) in [5, 5.41) is 0. The van der Waals surface area contributed by atoms with E-state index in [1.807, 2.05) is 27.7 Å². The van der Waals surface area contributed by atoms with E-state index in [4.69, 9.17) is 4.74 Å². The molecule has 0 bridgehead atoms. The largest absolute Gasteiger partial charge is 0.460 e. The van der Waals surface area contributed by atoms with Gasteiger partial charge in [-0.25, -0.2) is 0 Å². The first-order valence-electron chi connectivity index (χ1n) is 5.68. The third kappa shape index (κ3) is 5.19. The Kier molecular flexibility index (Phi) is 4.38. The molecule has 0 aliphatic carbocycles. The second kappa shape index (κ2) is 4.54. The molecule has 0 aromatic rings. The number of rotatable bonds is 2. The van der Waals surface area contributed by atoms with Crippen LogP contribution in [0, 0.1) is 17.3 Å². The summed E-state index contributed by atoms with van der Waals surface area (Å²) in [6.45, 7) is 16.2. The molecule has 0 N–H and O–H groups in total. The van der Waals surface area contributed by atoms with Crippen LogP contribution in [0.1, 0.15) is 55.4 Å². The fourth-order valence-electron chi connectivity index (χ4n) is 1.35. The van der Waals surface area contributed by atoms with Crippen LogP contribution >= 0.6 is 0 Å². The Hall–Kier alpha value is -0.530. The van der Waals surface area contributed by atoms with Crippen molar-refractivity contribution in [1.29, 1.82) is 0 Å². The summed E-state index contributed by atoms with van der Waals surface area (Å²) in [7, 11) is 0. The Labute approximate surface area is 94.4 Å². The van der Waals surface area contributed by atoms with Gasteiger partial charge in [0.25, 0.3) is 0 Å². The standard InChI is InChI=1S/C13H26O2/c1-9(10(2)12(3,4)5)11(14)15-13(6,7)8/h9-10H,1-8H3. The summed E-state index contributed by atoms with van der Waals surface area (Å²) in [6.07, 6.45) is 0. The van der Waals surface area contributed by atoms with Crippen molar-refractivity contribution in [3.05, 3.63) is 0 Å². The van der Waals surface area contributed by atoms with Gasteiger partial charge in [-0.05, 0) is 32.1 Å². The molecule has 15 heavy (non-hydrogen) atoms. The molecule has 0 aliphatic rings. The average Bonchev–Trinajstić information content (AvgIpc) is 1.96. The van der Waals surface area contributed by atoms with E-state index < -0.39 is 0 Å². The number of ether oxygens (including phenoxy) is 1. The van der Waals surface area contributed by atoms with Gasteiger partial charge in [-0.1, -0.05) is 34.6 Å². The van der Waals surface area contributed by atoms with Crippen LogP contribution in [0.25, 0.3) is 0 Å². The lowest BCUT2D eigenvalue weighted by Crippen LogP contribution is -2.34. The van der Waals surface area contributed by atoms with Crippen LogP contribution in [0.5, 0.6) is 0 Å². The van der Waals surface area contributed by atoms with Crippen LogP contribution in [0.15, 0.2) is 0 Å². The summed E-state index contributed by atoms with van der Waals surface area (Å²) in [5.41, 5.74) is -0.251. The molecule has 90 valence electrons. The Bertz CT molecular complexity index is 218. The number of carbonyl (C=O) groups excluding carboxylic acids is 1. The molecule has 0 aromatic carbocycles. The van der Waals surface area contributed by atoms with Gasteiger partial charge < -0.3 is 4.74 Å². The molecule has 0 saturated carbocycles. The van der Waals surface area contributed by atoms with Crippen LogP contribution in [0.3, 0.4) is 0 Å². The topological polar surface area (TPSA) is 26.3 Å². The monoisotopic (exact) mass is 214 g/mol. The van der Waals surface area contributed by atoms with E-state index in [1.165, 1.54) is 0 Å². The van der Waals surface area contributed by atoms with Crippen molar-refractivity contribution in [3.8, 4) is 0 Å². The van der Waals surface area contributed by atoms with Gasteiger partial charge in [0.2, 0.25) is 0 Å². The summed E-state index contributed by atoms with van der Waals surface area (Å²) >= 11 is 0. The van der Waals surface area contributed by atoms with E-state index in [-0.39, 0.29) is 22.9 Å². The van der Waals surface area contributed by atoms with E-state index in [0.717, 1.165) is 0 Å². The zero-order valence-corrected chi connectivity index (χ0v) is 11.5. The third-order valence-electron chi connectivity index (χ3n) is 2.89. The van der Waals surface area contributed by atoms with Crippen molar-refractivity contribution < 1.29 is 9.53 Å². The van der Waals surface area contributed by atoms with E-state index in [0.29, 0.717) is 5.92 Å². The lowest BCUT2D eigenvalue weighted by Gasteiger charge is -2.32. The molecule has 0 amide bonds. The minimum atomic E-state index is -0.386. The molecule has 0 radical (unpaired) electrons. The predicted molar refractivity (Wildman–Crippen MR) is 63.6 cm³/mol. The minimum Gasteiger partial charge on any atom is -0.460 e. The summed E-state index contributed by atoms with van der Waals surface area (Å²) < 4.78 is 5.38. The SMILES string of the molecule is CC(C(=O)OC(C)(C)C)C(C)C(C)(C)C. The highest BCUT2D eigenvalue weighted by atomic mass is 16.6. The van der Waals surface area contributed by atoms with E-state index in [1.54, 1.807) is 0 Å². The molecule has 0 aromatic heterocycles. The van der Waals surface area contributed by atoms with E-state index >= 15 is 0 Å². The maximum Gasteiger partial charge on any atom is 0.309 e. The normalized spacial score (nSPS) is 17.1. The summed E-state index contributed by atoms with van der Waals surface area (Å²) in [6, 6.07) is 0.